The van der Waals surface area contributed by atoms with Crippen LogP contribution in [0.4, 0.5) is 0 Å². The number of hydrogen-bond acceptors (Lipinski definition) is 1. The van der Waals surface area contributed by atoms with Gasteiger partial charge in [0.25, 0.3) is 0 Å². The molecule has 2 nitrogen and oxygen atoms in total. The van der Waals surface area contributed by atoms with Crippen LogP contribution in [-0.2, 0) is 6.54 Å². The Balaban J connectivity index is 2.42. The van der Waals surface area contributed by atoms with Crippen molar-refractivity contribution in [3.05, 3.63) is 18.2 Å². The van der Waals surface area contributed by atoms with Gasteiger partial charge in [-0.3, -0.25) is 0 Å². The monoisotopic (exact) mass is 202 g/mol. The van der Waals surface area contributed by atoms with Crippen molar-refractivity contribution in [2.45, 2.75) is 19.9 Å². The zero-order valence-electron chi connectivity index (χ0n) is 6.05. The van der Waals surface area contributed by atoms with Crippen LogP contribution in [0.3, 0.4) is 0 Å². The highest BCUT2D eigenvalue weighted by atomic mass is 79.9. The van der Waals surface area contributed by atoms with E-state index >= 15 is 0 Å². The summed E-state index contributed by atoms with van der Waals surface area (Å²) in [5, 5.41) is 1.06. The van der Waals surface area contributed by atoms with Gasteiger partial charge in [0.15, 0.2) is 0 Å². The van der Waals surface area contributed by atoms with Gasteiger partial charge in [0.1, 0.15) is 0 Å². The molecule has 0 aliphatic rings. The Morgan fingerprint density at radius 3 is 3.00 bits per heavy atom. The highest BCUT2D eigenvalue weighted by molar-refractivity contribution is 9.09. The Hall–Kier alpha value is -0.310. The largest absolute Gasteiger partial charge is 0.337 e. The molecule has 0 fully saturated rings. The van der Waals surface area contributed by atoms with Gasteiger partial charge < -0.3 is 4.57 Å². The van der Waals surface area contributed by atoms with Crippen LogP contribution in [0.2, 0.25) is 0 Å². The Morgan fingerprint density at radius 1 is 1.70 bits per heavy atom. The number of aromatic nitrogens is 2. The summed E-state index contributed by atoms with van der Waals surface area (Å²) < 4.78 is 2.11. The van der Waals surface area contributed by atoms with E-state index in [2.05, 4.69) is 31.7 Å². The maximum atomic E-state index is 4.12. The van der Waals surface area contributed by atoms with Gasteiger partial charge >= 0.3 is 0 Å². The number of nitrogens with zero attached hydrogens (tertiary/aromatic N) is 2. The first kappa shape index (κ1) is 7.79. The van der Waals surface area contributed by atoms with Gasteiger partial charge in [-0.05, 0) is 13.3 Å². The van der Waals surface area contributed by atoms with Gasteiger partial charge in [0.05, 0.1) is 12.0 Å². The molecule has 0 spiro atoms. The molecule has 10 heavy (non-hydrogen) atoms. The van der Waals surface area contributed by atoms with Gasteiger partial charge in [-0.25, -0.2) is 4.98 Å². The number of imidazole rings is 1. The molecule has 0 unspecified atom stereocenters. The van der Waals surface area contributed by atoms with E-state index in [0.29, 0.717) is 0 Å². The molecule has 0 bridgehead atoms. The average Bonchev–Trinajstić information content (AvgIpc) is 2.31. The summed E-state index contributed by atoms with van der Waals surface area (Å²) in [6, 6.07) is 0. The van der Waals surface area contributed by atoms with Crippen molar-refractivity contribution in [1.82, 2.24) is 9.55 Å². The minimum Gasteiger partial charge on any atom is -0.337 e. The quantitative estimate of drug-likeness (QED) is 0.686. The summed E-state index contributed by atoms with van der Waals surface area (Å²) in [6.07, 6.45) is 5.09. The van der Waals surface area contributed by atoms with Crippen LogP contribution in [0.5, 0.6) is 0 Å². The highest BCUT2D eigenvalue weighted by Crippen LogP contribution is 1.96. The number of halogens is 1. The van der Waals surface area contributed by atoms with Crippen LogP contribution in [0.25, 0.3) is 0 Å². The first-order valence-corrected chi connectivity index (χ1v) is 4.49. The lowest BCUT2D eigenvalue weighted by Gasteiger charge is -1.96. The molecule has 0 aliphatic carbocycles. The second-order valence-corrected chi connectivity index (χ2v) is 3.09. The van der Waals surface area contributed by atoms with E-state index in [1.165, 1.54) is 0 Å². The molecular formula is C7H11BrN2. The van der Waals surface area contributed by atoms with E-state index in [0.717, 1.165) is 24.0 Å². The van der Waals surface area contributed by atoms with Crippen molar-refractivity contribution in [1.29, 1.82) is 0 Å². The minimum absolute atomic E-state index is 1.06. The molecule has 0 atom stereocenters. The Kier molecular flexibility index (Phi) is 2.93. The van der Waals surface area contributed by atoms with Gasteiger partial charge in [-0.15, -0.1) is 0 Å². The topological polar surface area (TPSA) is 17.8 Å². The number of alkyl halides is 1. The van der Waals surface area contributed by atoms with Crippen molar-refractivity contribution in [2.75, 3.05) is 5.33 Å². The molecule has 0 saturated heterocycles. The van der Waals surface area contributed by atoms with E-state index in [-0.39, 0.29) is 0 Å². The van der Waals surface area contributed by atoms with Crippen LogP contribution in [0.15, 0.2) is 12.5 Å². The van der Waals surface area contributed by atoms with Gasteiger partial charge in [-0.1, -0.05) is 15.9 Å². The van der Waals surface area contributed by atoms with Gasteiger partial charge in [-0.2, -0.15) is 0 Å². The van der Waals surface area contributed by atoms with Crippen LogP contribution in [0.1, 0.15) is 12.1 Å². The summed E-state index contributed by atoms with van der Waals surface area (Å²) in [6.45, 7) is 3.07. The highest BCUT2D eigenvalue weighted by Gasteiger charge is 1.90. The molecule has 0 radical (unpaired) electrons. The number of aryl methyl sites for hydroxylation is 2. The molecule has 0 aromatic carbocycles. The van der Waals surface area contributed by atoms with Crippen molar-refractivity contribution >= 4 is 15.9 Å². The van der Waals surface area contributed by atoms with E-state index in [1.807, 2.05) is 13.3 Å². The normalized spacial score (nSPS) is 10.2. The average molecular weight is 203 g/mol. The summed E-state index contributed by atoms with van der Waals surface area (Å²) >= 11 is 3.38. The van der Waals surface area contributed by atoms with Crippen molar-refractivity contribution in [2.24, 2.45) is 0 Å². The molecule has 1 aromatic rings. The lowest BCUT2D eigenvalue weighted by molar-refractivity contribution is 0.685. The Morgan fingerprint density at radius 2 is 2.50 bits per heavy atom. The smallest absolute Gasteiger partial charge is 0.0949 e. The minimum atomic E-state index is 1.06. The molecule has 3 heteroatoms. The van der Waals surface area contributed by atoms with E-state index in [1.54, 1.807) is 0 Å². The van der Waals surface area contributed by atoms with Crippen LogP contribution in [0, 0.1) is 6.92 Å². The van der Waals surface area contributed by atoms with Crippen molar-refractivity contribution < 1.29 is 0 Å². The SMILES string of the molecule is Cc1cn(CCCBr)cn1. The Labute approximate surface area is 69.4 Å². The fourth-order valence-corrected chi connectivity index (χ4v) is 1.09. The zero-order chi connectivity index (χ0) is 7.40. The maximum absolute atomic E-state index is 4.12. The van der Waals surface area contributed by atoms with E-state index in [9.17, 15) is 0 Å². The molecule has 1 rings (SSSR count). The van der Waals surface area contributed by atoms with Crippen molar-refractivity contribution in [3.8, 4) is 0 Å². The third-order valence-electron chi connectivity index (χ3n) is 1.31. The second kappa shape index (κ2) is 3.76. The molecular weight excluding hydrogens is 192 g/mol. The fourth-order valence-electron chi connectivity index (χ4n) is 0.836. The molecule has 0 aliphatic heterocycles. The van der Waals surface area contributed by atoms with Crippen LogP contribution in [-0.4, -0.2) is 14.9 Å². The zero-order valence-corrected chi connectivity index (χ0v) is 7.63. The predicted octanol–water partition coefficient (Wildman–Crippen LogP) is 1.98. The second-order valence-electron chi connectivity index (χ2n) is 2.30. The van der Waals surface area contributed by atoms with Crippen molar-refractivity contribution in [3.63, 3.8) is 0 Å². The summed E-state index contributed by atoms with van der Waals surface area (Å²) in [7, 11) is 0. The van der Waals surface area contributed by atoms with Gasteiger partial charge in [0.2, 0.25) is 0 Å². The van der Waals surface area contributed by atoms with Gasteiger partial charge in [0, 0.05) is 18.1 Å². The Bertz CT molecular complexity index is 195. The lowest BCUT2D eigenvalue weighted by Crippen LogP contribution is -1.93. The van der Waals surface area contributed by atoms with E-state index < -0.39 is 0 Å². The van der Waals surface area contributed by atoms with Crippen LogP contribution >= 0.6 is 15.9 Å². The standard InChI is InChI=1S/C7H11BrN2/c1-7-5-10(6-9-7)4-2-3-8/h5-6H,2-4H2,1H3. The predicted molar refractivity (Wildman–Crippen MR) is 45.4 cm³/mol. The molecule has 1 heterocycles. The molecule has 0 N–H and O–H groups in total. The summed E-state index contributed by atoms with van der Waals surface area (Å²) in [5.41, 5.74) is 1.09. The summed E-state index contributed by atoms with van der Waals surface area (Å²) in [5.74, 6) is 0. The molecule has 1 aromatic heterocycles. The summed E-state index contributed by atoms with van der Waals surface area (Å²) in [4.78, 5) is 4.12. The number of rotatable bonds is 3. The molecule has 0 amide bonds. The first-order valence-electron chi connectivity index (χ1n) is 3.37. The first-order chi connectivity index (χ1) is 4.83. The lowest BCUT2D eigenvalue weighted by atomic mass is 10.5. The van der Waals surface area contributed by atoms with E-state index in [4.69, 9.17) is 0 Å². The van der Waals surface area contributed by atoms with Crippen LogP contribution < -0.4 is 0 Å². The fraction of sp³-hybridized carbons (Fsp3) is 0.571. The molecule has 0 saturated carbocycles. The third-order valence-corrected chi connectivity index (χ3v) is 1.87. The third kappa shape index (κ3) is 2.14. The maximum Gasteiger partial charge on any atom is 0.0949 e. The molecule has 56 valence electrons. The number of hydrogen-bond donors (Lipinski definition) is 0.